The molecule has 1 aromatic carbocycles. The van der Waals surface area contributed by atoms with Crippen molar-refractivity contribution >= 4 is 15.6 Å². The molecule has 1 fully saturated rings. The highest BCUT2D eigenvalue weighted by atomic mass is 32.2. The highest BCUT2D eigenvalue weighted by Gasteiger charge is 2.35. The standard InChI is InChI=1S/C15H20O4S/c1-11(2)19-13-8-6-12(7-9-13)15(16)14-5-3-4-10-20(14,17)18/h6-9,11,14H,3-5,10H2,1-2H3. The van der Waals surface area contributed by atoms with Crippen molar-refractivity contribution in [2.24, 2.45) is 0 Å². The van der Waals surface area contributed by atoms with Crippen LogP contribution in [0.25, 0.3) is 0 Å². The number of ether oxygens (including phenoxy) is 1. The summed E-state index contributed by atoms with van der Waals surface area (Å²) in [7, 11) is -3.28. The van der Waals surface area contributed by atoms with Crippen LogP contribution in [0.4, 0.5) is 0 Å². The van der Waals surface area contributed by atoms with E-state index in [9.17, 15) is 13.2 Å². The molecule has 20 heavy (non-hydrogen) atoms. The number of carbonyl (C=O) groups excluding carboxylic acids is 1. The lowest BCUT2D eigenvalue weighted by Gasteiger charge is -2.21. The van der Waals surface area contributed by atoms with Gasteiger partial charge in [0.25, 0.3) is 0 Å². The maximum Gasteiger partial charge on any atom is 0.180 e. The third-order valence-corrected chi connectivity index (χ3v) is 5.56. The summed E-state index contributed by atoms with van der Waals surface area (Å²) in [4.78, 5) is 12.3. The van der Waals surface area contributed by atoms with E-state index in [1.54, 1.807) is 24.3 Å². The van der Waals surface area contributed by atoms with E-state index in [0.29, 0.717) is 24.2 Å². The number of carbonyl (C=O) groups is 1. The Morgan fingerprint density at radius 1 is 1.20 bits per heavy atom. The van der Waals surface area contributed by atoms with E-state index in [4.69, 9.17) is 4.74 Å². The summed E-state index contributed by atoms with van der Waals surface area (Å²) < 4.78 is 29.4. The molecule has 1 heterocycles. The average Bonchev–Trinajstić information content (AvgIpc) is 2.37. The first-order chi connectivity index (χ1) is 9.40. The second-order valence-electron chi connectivity index (χ2n) is 5.41. The molecule has 0 aliphatic carbocycles. The van der Waals surface area contributed by atoms with Gasteiger partial charge in [-0.25, -0.2) is 8.42 Å². The van der Waals surface area contributed by atoms with Gasteiger partial charge in [0.15, 0.2) is 15.6 Å². The molecule has 0 amide bonds. The normalized spacial score (nSPS) is 21.6. The average molecular weight is 296 g/mol. The zero-order valence-electron chi connectivity index (χ0n) is 11.8. The van der Waals surface area contributed by atoms with Gasteiger partial charge < -0.3 is 4.74 Å². The van der Waals surface area contributed by atoms with Gasteiger partial charge in [-0.15, -0.1) is 0 Å². The first kappa shape index (κ1) is 15.0. The van der Waals surface area contributed by atoms with Crippen LogP contribution in [0.2, 0.25) is 0 Å². The molecule has 1 unspecified atom stereocenters. The second-order valence-corrected chi connectivity index (χ2v) is 7.71. The second kappa shape index (κ2) is 5.95. The molecule has 4 nitrogen and oxygen atoms in total. The maximum atomic E-state index is 12.3. The Bertz CT molecular complexity index is 572. The van der Waals surface area contributed by atoms with E-state index in [1.165, 1.54) is 0 Å². The molecular formula is C15H20O4S. The first-order valence-electron chi connectivity index (χ1n) is 6.92. The van der Waals surface area contributed by atoms with Gasteiger partial charge >= 0.3 is 0 Å². The molecule has 1 aromatic rings. The fraction of sp³-hybridized carbons (Fsp3) is 0.533. The number of sulfone groups is 1. The summed E-state index contributed by atoms with van der Waals surface area (Å²) in [5, 5.41) is -0.867. The largest absolute Gasteiger partial charge is 0.491 e. The van der Waals surface area contributed by atoms with Crippen LogP contribution in [0.3, 0.4) is 0 Å². The summed E-state index contributed by atoms with van der Waals surface area (Å²) in [6.45, 7) is 3.85. The molecule has 110 valence electrons. The van der Waals surface area contributed by atoms with Gasteiger partial charge in [0.05, 0.1) is 11.9 Å². The Balaban J connectivity index is 2.16. The van der Waals surface area contributed by atoms with Crippen LogP contribution in [-0.2, 0) is 9.84 Å². The molecule has 5 heteroatoms. The molecule has 0 saturated carbocycles. The number of ketones is 1. The predicted molar refractivity (Wildman–Crippen MR) is 78.0 cm³/mol. The zero-order chi connectivity index (χ0) is 14.8. The van der Waals surface area contributed by atoms with E-state index >= 15 is 0 Å². The van der Waals surface area contributed by atoms with Gasteiger partial charge in [-0.3, -0.25) is 4.79 Å². The van der Waals surface area contributed by atoms with Crippen molar-refractivity contribution in [1.29, 1.82) is 0 Å². The minimum atomic E-state index is -3.28. The van der Waals surface area contributed by atoms with Crippen molar-refractivity contribution in [3.63, 3.8) is 0 Å². The van der Waals surface area contributed by atoms with Gasteiger partial charge in [-0.2, -0.15) is 0 Å². The molecule has 2 rings (SSSR count). The topological polar surface area (TPSA) is 60.4 Å². The highest BCUT2D eigenvalue weighted by molar-refractivity contribution is 7.92. The third-order valence-electron chi connectivity index (χ3n) is 3.38. The number of Topliss-reactive ketones (excluding diaryl/α,β-unsaturated/α-hetero) is 1. The van der Waals surface area contributed by atoms with Crippen LogP contribution < -0.4 is 4.74 Å². The van der Waals surface area contributed by atoms with E-state index < -0.39 is 15.1 Å². The molecule has 0 bridgehead atoms. The van der Waals surface area contributed by atoms with E-state index in [2.05, 4.69) is 0 Å². The van der Waals surface area contributed by atoms with Crippen LogP contribution in [0.15, 0.2) is 24.3 Å². The van der Waals surface area contributed by atoms with E-state index in [1.807, 2.05) is 13.8 Å². The number of hydrogen-bond donors (Lipinski definition) is 0. The molecule has 1 aliphatic rings. The highest BCUT2D eigenvalue weighted by Crippen LogP contribution is 2.24. The molecule has 1 aliphatic heterocycles. The monoisotopic (exact) mass is 296 g/mol. The fourth-order valence-electron chi connectivity index (χ4n) is 2.40. The third kappa shape index (κ3) is 3.39. The van der Waals surface area contributed by atoms with Crippen LogP contribution in [-0.4, -0.2) is 31.3 Å². The summed E-state index contributed by atoms with van der Waals surface area (Å²) >= 11 is 0. The van der Waals surface area contributed by atoms with Crippen LogP contribution in [0.1, 0.15) is 43.5 Å². The van der Waals surface area contributed by atoms with Crippen molar-refractivity contribution in [2.75, 3.05) is 5.75 Å². The van der Waals surface area contributed by atoms with Crippen molar-refractivity contribution in [1.82, 2.24) is 0 Å². The molecule has 0 radical (unpaired) electrons. The number of rotatable bonds is 4. The summed E-state index contributed by atoms with van der Waals surface area (Å²) in [6.07, 6.45) is 1.96. The Hall–Kier alpha value is -1.36. The Morgan fingerprint density at radius 2 is 1.85 bits per heavy atom. The van der Waals surface area contributed by atoms with E-state index in [0.717, 1.165) is 6.42 Å². The smallest absolute Gasteiger partial charge is 0.180 e. The van der Waals surface area contributed by atoms with Gasteiger partial charge in [0.2, 0.25) is 0 Å². The first-order valence-corrected chi connectivity index (χ1v) is 8.64. The Labute approximate surface area is 120 Å². The molecule has 0 aromatic heterocycles. The fourth-order valence-corrected chi connectivity index (χ4v) is 4.28. The minimum absolute atomic E-state index is 0.0651. The molecule has 0 N–H and O–H groups in total. The van der Waals surface area contributed by atoms with Gasteiger partial charge in [-0.05, 0) is 51.0 Å². The lowest BCUT2D eigenvalue weighted by atomic mass is 10.0. The number of hydrogen-bond acceptors (Lipinski definition) is 4. The summed E-state index contributed by atoms with van der Waals surface area (Å²) in [5.74, 6) is 0.515. The lowest BCUT2D eigenvalue weighted by molar-refractivity contribution is 0.0981. The minimum Gasteiger partial charge on any atom is -0.491 e. The van der Waals surface area contributed by atoms with Crippen molar-refractivity contribution in [2.45, 2.75) is 44.5 Å². The molecule has 0 spiro atoms. The lowest BCUT2D eigenvalue weighted by Crippen LogP contribution is -2.35. The SMILES string of the molecule is CC(C)Oc1ccc(C(=O)C2CCCCS2(=O)=O)cc1. The summed E-state index contributed by atoms with van der Waals surface area (Å²) in [5.41, 5.74) is 0.441. The van der Waals surface area contributed by atoms with Gasteiger partial charge in [-0.1, -0.05) is 6.42 Å². The van der Waals surface area contributed by atoms with Crippen molar-refractivity contribution < 1.29 is 17.9 Å². The van der Waals surface area contributed by atoms with E-state index in [-0.39, 0.29) is 17.6 Å². The molecular weight excluding hydrogens is 276 g/mol. The van der Waals surface area contributed by atoms with Gasteiger partial charge in [0, 0.05) is 5.56 Å². The number of benzene rings is 1. The zero-order valence-corrected chi connectivity index (χ0v) is 12.7. The molecule has 1 saturated heterocycles. The Kier molecular flexibility index (Phi) is 4.48. The van der Waals surface area contributed by atoms with Crippen molar-refractivity contribution in [3.8, 4) is 5.75 Å². The quantitative estimate of drug-likeness (QED) is 0.801. The molecule has 1 atom stereocenters. The predicted octanol–water partition coefficient (Wildman–Crippen LogP) is 2.62. The Morgan fingerprint density at radius 3 is 2.40 bits per heavy atom. The van der Waals surface area contributed by atoms with Crippen LogP contribution in [0.5, 0.6) is 5.75 Å². The van der Waals surface area contributed by atoms with Crippen LogP contribution in [0, 0.1) is 0 Å². The van der Waals surface area contributed by atoms with Crippen LogP contribution >= 0.6 is 0 Å². The maximum absolute atomic E-state index is 12.3. The van der Waals surface area contributed by atoms with Gasteiger partial charge in [0.1, 0.15) is 11.0 Å². The van der Waals surface area contributed by atoms with Crippen molar-refractivity contribution in [3.05, 3.63) is 29.8 Å². The summed E-state index contributed by atoms with van der Waals surface area (Å²) in [6, 6.07) is 6.71.